The Balaban J connectivity index is 1.39. The number of halogens is 1. The summed E-state index contributed by atoms with van der Waals surface area (Å²) in [5, 5.41) is 10.4. The molecule has 1 unspecified atom stereocenters. The van der Waals surface area contributed by atoms with E-state index >= 15 is 0 Å². The highest BCUT2D eigenvalue weighted by Gasteiger charge is 2.34. The first-order valence-corrected chi connectivity index (χ1v) is 14.2. The van der Waals surface area contributed by atoms with Gasteiger partial charge in [0, 0.05) is 19.2 Å². The number of piperidine rings is 1. The Morgan fingerprint density at radius 1 is 1.26 bits per heavy atom. The molecule has 5 rings (SSSR count). The second kappa shape index (κ2) is 9.04. The molecule has 178 valence electrons. The molecule has 0 spiro atoms. The lowest BCUT2D eigenvalue weighted by molar-refractivity contribution is -0.120. The summed E-state index contributed by atoms with van der Waals surface area (Å²) in [4.78, 5) is 17.9. The minimum Gasteiger partial charge on any atom is -0.310 e. The summed E-state index contributed by atoms with van der Waals surface area (Å²) >= 11 is 8.95. The summed E-state index contributed by atoms with van der Waals surface area (Å²) < 4.78 is 30.0. The third kappa shape index (κ3) is 4.27. The Labute approximate surface area is 210 Å². The van der Waals surface area contributed by atoms with E-state index in [1.54, 1.807) is 28.3 Å². The molecule has 0 aliphatic carbocycles. The van der Waals surface area contributed by atoms with Gasteiger partial charge < -0.3 is 5.32 Å². The summed E-state index contributed by atoms with van der Waals surface area (Å²) in [6, 6.07) is 8.85. The van der Waals surface area contributed by atoms with Gasteiger partial charge in [0.1, 0.15) is 10.0 Å². The van der Waals surface area contributed by atoms with E-state index in [1.807, 2.05) is 26.0 Å². The van der Waals surface area contributed by atoms with Gasteiger partial charge in [0.2, 0.25) is 11.0 Å². The molecule has 1 aliphatic rings. The van der Waals surface area contributed by atoms with Crippen molar-refractivity contribution in [3.05, 3.63) is 52.0 Å². The topological polar surface area (TPSA) is 97.2 Å². The van der Waals surface area contributed by atoms with Crippen molar-refractivity contribution in [3.63, 3.8) is 0 Å². The third-order valence-electron chi connectivity index (χ3n) is 5.79. The van der Waals surface area contributed by atoms with Gasteiger partial charge in [-0.3, -0.25) is 4.79 Å². The quantitative estimate of drug-likeness (QED) is 0.394. The molecule has 1 aromatic carbocycles. The Bertz CT molecular complexity index is 1440. The van der Waals surface area contributed by atoms with Crippen LogP contribution in [-0.2, 0) is 14.8 Å². The summed E-state index contributed by atoms with van der Waals surface area (Å²) in [5.74, 6) is -0.199. The van der Waals surface area contributed by atoms with E-state index in [9.17, 15) is 13.2 Å². The average molecular weight is 536 g/mol. The van der Waals surface area contributed by atoms with E-state index in [-0.39, 0.29) is 12.5 Å². The molecule has 4 heterocycles. The van der Waals surface area contributed by atoms with Crippen molar-refractivity contribution >= 4 is 66.2 Å². The molecule has 1 atom stereocenters. The van der Waals surface area contributed by atoms with Crippen LogP contribution in [0.25, 0.3) is 15.3 Å². The number of sulfonamides is 1. The number of thiazole rings is 1. The van der Waals surface area contributed by atoms with E-state index in [0.29, 0.717) is 39.6 Å². The summed E-state index contributed by atoms with van der Waals surface area (Å²) in [6.07, 6.45) is 1.24. The molecule has 0 bridgehead atoms. The monoisotopic (exact) mass is 535 g/mol. The van der Waals surface area contributed by atoms with Crippen molar-refractivity contribution in [2.75, 3.05) is 18.4 Å². The molecule has 12 heteroatoms. The lowest BCUT2D eigenvalue weighted by Crippen LogP contribution is -2.43. The number of rotatable bonds is 5. The number of fused-ring (bicyclic) bond motifs is 1. The van der Waals surface area contributed by atoms with Crippen LogP contribution < -0.4 is 5.32 Å². The van der Waals surface area contributed by atoms with Gasteiger partial charge in [-0.2, -0.15) is 14.1 Å². The number of thiophene rings is 1. The van der Waals surface area contributed by atoms with Crippen LogP contribution >= 0.6 is 34.3 Å². The van der Waals surface area contributed by atoms with Crippen molar-refractivity contribution in [3.8, 4) is 5.13 Å². The van der Waals surface area contributed by atoms with E-state index in [0.717, 1.165) is 21.5 Å². The molecule has 1 amide bonds. The van der Waals surface area contributed by atoms with Gasteiger partial charge in [-0.25, -0.2) is 13.4 Å². The largest absolute Gasteiger partial charge is 0.310 e. The maximum absolute atomic E-state index is 13.2. The fourth-order valence-corrected chi connectivity index (χ4v) is 8.01. The van der Waals surface area contributed by atoms with Crippen LogP contribution in [0.3, 0.4) is 0 Å². The zero-order valence-corrected chi connectivity index (χ0v) is 21.7. The van der Waals surface area contributed by atoms with Gasteiger partial charge in [-0.15, -0.1) is 11.3 Å². The second-order valence-corrected chi connectivity index (χ2v) is 12.7. The number of benzene rings is 1. The number of hydrogen-bond acceptors (Lipinski definition) is 7. The average Bonchev–Trinajstić information content (AvgIpc) is 3.56. The van der Waals surface area contributed by atoms with Crippen LogP contribution in [0.5, 0.6) is 0 Å². The van der Waals surface area contributed by atoms with E-state index < -0.39 is 15.9 Å². The van der Waals surface area contributed by atoms with E-state index in [1.165, 1.54) is 27.0 Å². The third-order valence-corrected chi connectivity index (χ3v) is 10.5. The molecular formula is C22H22ClN5O3S3. The van der Waals surface area contributed by atoms with Gasteiger partial charge >= 0.3 is 0 Å². The number of aromatic nitrogens is 3. The Morgan fingerprint density at radius 2 is 2.09 bits per heavy atom. The maximum Gasteiger partial charge on any atom is 0.252 e. The SMILES string of the molecule is Cc1cc(NC(=O)C2CCCN(S(=O)(=O)c3cccs3)C2)n(-c2nc3c(C)ccc(Cl)c3s2)n1. The van der Waals surface area contributed by atoms with Crippen LogP contribution in [0.2, 0.25) is 5.02 Å². The summed E-state index contributed by atoms with van der Waals surface area (Å²) in [5.41, 5.74) is 2.54. The van der Waals surface area contributed by atoms with Crippen molar-refractivity contribution in [1.82, 2.24) is 19.1 Å². The zero-order chi connectivity index (χ0) is 24.0. The number of anilines is 1. The first kappa shape index (κ1) is 23.4. The molecule has 1 saturated heterocycles. The van der Waals surface area contributed by atoms with Crippen molar-refractivity contribution in [2.24, 2.45) is 5.92 Å². The second-order valence-electron chi connectivity index (χ2n) is 8.24. The molecule has 1 N–H and O–H groups in total. The fourth-order valence-electron chi connectivity index (χ4n) is 4.06. The Hall–Kier alpha value is -2.31. The maximum atomic E-state index is 13.2. The number of nitrogens with one attached hydrogen (secondary N) is 1. The number of nitrogens with zero attached hydrogens (tertiary/aromatic N) is 4. The van der Waals surface area contributed by atoms with Crippen molar-refractivity contribution in [1.29, 1.82) is 0 Å². The minimum atomic E-state index is -3.59. The number of carbonyl (C=O) groups is 1. The molecule has 4 aromatic rings. The molecule has 34 heavy (non-hydrogen) atoms. The van der Waals surface area contributed by atoms with Gasteiger partial charge in [0.15, 0.2) is 0 Å². The van der Waals surface area contributed by atoms with Gasteiger partial charge in [-0.05, 0) is 49.8 Å². The highest BCUT2D eigenvalue weighted by Crippen LogP contribution is 2.34. The Kier molecular flexibility index (Phi) is 6.23. The smallest absolute Gasteiger partial charge is 0.252 e. The molecule has 0 saturated carbocycles. The predicted octanol–water partition coefficient (Wildman–Crippen LogP) is 4.85. The highest BCUT2D eigenvalue weighted by molar-refractivity contribution is 7.91. The number of amides is 1. The van der Waals surface area contributed by atoms with E-state index in [4.69, 9.17) is 16.6 Å². The van der Waals surface area contributed by atoms with Gasteiger partial charge in [-0.1, -0.05) is 35.1 Å². The number of hydrogen-bond donors (Lipinski definition) is 1. The zero-order valence-electron chi connectivity index (χ0n) is 18.5. The van der Waals surface area contributed by atoms with Gasteiger partial charge in [0.05, 0.1) is 26.9 Å². The minimum absolute atomic E-state index is 0.148. The normalized spacial score (nSPS) is 17.3. The molecule has 1 aliphatic heterocycles. The number of aryl methyl sites for hydroxylation is 2. The van der Waals surface area contributed by atoms with Crippen LogP contribution in [0.1, 0.15) is 24.1 Å². The highest BCUT2D eigenvalue weighted by atomic mass is 35.5. The standard InChI is InChI=1S/C22H22ClN5O3S3/c1-13-7-8-16(23)20-19(13)25-22(33-20)28-17(11-14(2)26-28)24-21(29)15-5-3-9-27(12-15)34(30,31)18-6-4-10-32-18/h4,6-8,10-11,15H,3,5,9,12H2,1-2H3,(H,24,29). The lowest BCUT2D eigenvalue weighted by Gasteiger charge is -2.30. The first-order chi connectivity index (χ1) is 16.2. The van der Waals surface area contributed by atoms with Crippen LogP contribution in [0.4, 0.5) is 5.82 Å². The van der Waals surface area contributed by atoms with Crippen molar-refractivity contribution in [2.45, 2.75) is 30.9 Å². The van der Waals surface area contributed by atoms with Crippen molar-refractivity contribution < 1.29 is 13.2 Å². The van der Waals surface area contributed by atoms with Crippen LogP contribution in [-0.4, -0.2) is 46.5 Å². The van der Waals surface area contributed by atoms with Crippen LogP contribution in [0, 0.1) is 19.8 Å². The first-order valence-electron chi connectivity index (χ1n) is 10.7. The molecule has 0 radical (unpaired) electrons. The predicted molar refractivity (Wildman–Crippen MR) is 136 cm³/mol. The molecule has 1 fully saturated rings. The fraction of sp³-hybridized carbons (Fsp3) is 0.318. The summed E-state index contributed by atoms with van der Waals surface area (Å²) in [7, 11) is -3.59. The Morgan fingerprint density at radius 3 is 2.82 bits per heavy atom. The molecule has 8 nitrogen and oxygen atoms in total. The number of carbonyl (C=O) groups excluding carboxylic acids is 1. The lowest BCUT2D eigenvalue weighted by atomic mass is 9.99. The van der Waals surface area contributed by atoms with E-state index in [2.05, 4.69) is 10.4 Å². The van der Waals surface area contributed by atoms with Crippen LogP contribution in [0.15, 0.2) is 39.9 Å². The molecular weight excluding hydrogens is 514 g/mol. The summed E-state index contributed by atoms with van der Waals surface area (Å²) in [6.45, 7) is 4.37. The molecule has 3 aromatic heterocycles. The van der Waals surface area contributed by atoms with Gasteiger partial charge in [0.25, 0.3) is 10.0 Å².